The van der Waals surface area contributed by atoms with E-state index in [2.05, 4.69) is 5.32 Å². The standard InChI is InChI=1S/C12H22N2O3/c1-4-9(3)13-12(17)14-7-5-6-8(2)10(14)11(15)16/h8-10H,4-7H2,1-3H3,(H,13,17)(H,15,16). The molecule has 5 nitrogen and oxygen atoms in total. The third-order valence-electron chi connectivity index (χ3n) is 3.43. The van der Waals surface area contributed by atoms with E-state index in [-0.39, 0.29) is 18.0 Å². The van der Waals surface area contributed by atoms with Gasteiger partial charge in [-0.1, -0.05) is 13.8 Å². The van der Waals surface area contributed by atoms with Gasteiger partial charge in [0.2, 0.25) is 0 Å². The van der Waals surface area contributed by atoms with Crippen molar-refractivity contribution in [1.29, 1.82) is 0 Å². The zero-order chi connectivity index (χ0) is 13.0. The Morgan fingerprint density at radius 2 is 2.18 bits per heavy atom. The number of piperidine rings is 1. The molecule has 0 aromatic heterocycles. The molecule has 1 heterocycles. The van der Waals surface area contributed by atoms with Crippen LogP contribution in [0.25, 0.3) is 0 Å². The summed E-state index contributed by atoms with van der Waals surface area (Å²) >= 11 is 0. The summed E-state index contributed by atoms with van der Waals surface area (Å²) < 4.78 is 0. The van der Waals surface area contributed by atoms with Gasteiger partial charge in [0.25, 0.3) is 0 Å². The molecule has 1 aliphatic heterocycles. The average Bonchev–Trinajstić information content (AvgIpc) is 2.27. The van der Waals surface area contributed by atoms with Crippen LogP contribution in [0.5, 0.6) is 0 Å². The van der Waals surface area contributed by atoms with E-state index in [0.717, 1.165) is 19.3 Å². The summed E-state index contributed by atoms with van der Waals surface area (Å²) in [5, 5.41) is 12.0. The number of hydrogen-bond donors (Lipinski definition) is 2. The third kappa shape index (κ3) is 3.35. The van der Waals surface area contributed by atoms with Gasteiger partial charge in [-0.15, -0.1) is 0 Å². The minimum absolute atomic E-state index is 0.0175. The minimum atomic E-state index is -0.906. The van der Waals surface area contributed by atoms with E-state index in [1.165, 1.54) is 4.90 Å². The number of nitrogens with zero attached hydrogens (tertiary/aromatic N) is 1. The first-order valence-corrected chi connectivity index (χ1v) is 6.27. The normalized spacial score (nSPS) is 26.4. The van der Waals surface area contributed by atoms with E-state index < -0.39 is 12.0 Å². The van der Waals surface area contributed by atoms with E-state index in [1.54, 1.807) is 0 Å². The molecule has 17 heavy (non-hydrogen) atoms. The predicted molar refractivity (Wildman–Crippen MR) is 64.8 cm³/mol. The summed E-state index contributed by atoms with van der Waals surface area (Å²) in [5.41, 5.74) is 0. The highest BCUT2D eigenvalue weighted by Gasteiger charge is 2.37. The third-order valence-corrected chi connectivity index (χ3v) is 3.43. The predicted octanol–water partition coefficient (Wildman–Crippen LogP) is 1.68. The lowest BCUT2D eigenvalue weighted by Crippen LogP contribution is -2.56. The van der Waals surface area contributed by atoms with E-state index in [9.17, 15) is 14.7 Å². The van der Waals surface area contributed by atoms with Gasteiger partial charge in [0.05, 0.1) is 0 Å². The van der Waals surface area contributed by atoms with Crippen molar-refractivity contribution in [3.63, 3.8) is 0 Å². The Kier molecular flexibility index (Phi) is 4.78. The second-order valence-electron chi connectivity index (χ2n) is 4.85. The van der Waals surface area contributed by atoms with E-state index in [4.69, 9.17) is 0 Å². The van der Waals surface area contributed by atoms with Crippen LogP contribution in [0, 0.1) is 5.92 Å². The number of likely N-dealkylation sites (tertiary alicyclic amines) is 1. The summed E-state index contributed by atoms with van der Waals surface area (Å²) in [7, 11) is 0. The van der Waals surface area contributed by atoms with Crippen molar-refractivity contribution < 1.29 is 14.7 Å². The molecule has 0 spiro atoms. The van der Waals surface area contributed by atoms with Crippen molar-refractivity contribution in [3.8, 4) is 0 Å². The largest absolute Gasteiger partial charge is 0.480 e. The van der Waals surface area contributed by atoms with Crippen molar-refractivity contribution in [3.05, 3.63) is 0 Å². The molecule has 5 heteroatoms. The van der Waals surface area contributed by atoms with Crippen molar-refractivity contribution in [2.45, 2.75) is 52.1 Å². The zero-order valence-electron chi connectivity index (χ0n) is 10.8. The molecular weight excluding hydrogens is 220 g/mol. The van der Waals surface area contributed by atoms with Gasteiger partial charge in [-0.2, -0.15) is 0 Å². The first kappa shape index (κ1) is 13.8. The highest BCUT2D eigenvalue weighted by molar-refractivity contribution is 5.83. The molecule has 98 valence electrons. The van der Waals surface area contributed by atoms with Crippen molar-refractivity contribution in [2.24, 2.45) is 5.92 Å². The second-order valence-corrected chi connectivity index (χ2v) is 4.85. The molecule has 2 amide bonds. The van der Waals surface area contributed by atoms with Crippen molar-refractivity contribution in [2.75, 3.05) is 6.54 Å². The molecule has 3 atom stereocenters. The van der Waals surface area contributed by atoms with Crippen LogP contribution in [0.2, 0.25) is 0 Å². The van der Waals surface area contributed by atoms with Crippen LogP contribution in [-0.4, -0.2) is 40.6 Å². The summed E-state index contributed by atoms with van der Waals surface area (Å²) in [4.78, 5) is 24.7. The quantitative estimate of drug-likeness (QED) is 0.791. The van der Waals surface area contributed by atoms with Gasteiger partial charge >= 0.3 is 12.0 Å². The molecule has 1 rings (SSSR count). The van der Waals surface area contributed by atoms with Gasteiger partial charge in [-0.05, 0) is 32.1 Å². The minimum Gasteiger partial charge on any atom is -0.480 e. The van der Waals surface area contributed by atoms with Gasteiger partial charge in [-0.25, -0.2) is 9.59 Å². The number of carbonyl (C=O) groups excluding carboxylic acids is 1. The van der Waals surface area contributed by atoms with E-state index in [0.29, 0.717) is 6.54 Å². The Balaban J connectivity index is 2.71. The second kappa shape index (κ2) is 5.89. The number of amides is 2. The number of urea groups is 1. The Morgan fingerprint density at radius 3 is 2.71 bits per heavy atom. The highest BCUT2D eigenvalue weighted by Crippen LogP contribution is 2.23. The number of carboxylic acid groups (broad SMARTS) is 1. The number of carbonyl (C=O) groups is 2. The Bertz CT molecular complexity index is 293. The number of rotatable bonds is 3. The van der Waals surface area contributed by atoms with Crippen LogP contribution in [0.1, 0.15) is 40.0 Å². The fourth-order valence-corrected chi connectivity index (χ4v) is 2.19. The lowest BCUT2D eigenvalue weighted by atomic mass is 9.91. The Hall–Kier alpha value is -1.26. The van der Waals surface area contributed by atoms with Gasteiger partial charge in [0, 0.05) is 12.6 Å². The SMILES string of the molecule is CCC(C)NC(=O)N1CCCC(C)C1C(=O)O. The van der Waals surface area contributed by atoms with E-state index >= 15 is 0 Å². The maximum absolute atomic E-state index is 12.0. The first-order chi connectivity index (χ1) is 7.97. The number of carboxylic acids is 1. The van der Waals surface area contributed by atoms with Crippen LogP contribution in [0.3, 0.4) is 0 Å². The molecule has 3 unspecified atom stereocenters. The van der Waals surface area contributed by atoms with Gasteiger partial charge < -0.3 is 15.3 Å². The fraction of sp³-hybridized carbons (Fsp3) is 0.833. The summed E-state index contributed by atoms with van der Waals surface area (Å²) in [6.45, 7) is 6.32. The lowest BCUT2D eigenvalue weighted by molar-refractivity contribution is -0.145. The van der Waals surface area contributed by atoms with Crippen LogP contribution >= 0.6 is 0 Å². The summed E-state index contributed by atoms with van der Waals surface area (Å²) in [6, 6.07) is -0.861. The van der Waals surface area contributed by atoms with Crippen molar-refractivity contribution in [1.82, 2.24) is 10.2 Å². The maximum Gasteiger partial charge on any atom is 0.326 e. The number of hydrogen-bond acceptors (Lipinski definition) is 2. The molecule has 0 saturated carbocycles. The maximum atomic E-state index is 12.0. The molecule has 0 aliphatic carbocycles. The molecule has 0 bridgehead atoms. The topological polar surface area (TPSA) is 69.6 Å². The van der Waals surface area contributed by atoms with Crippen LogP contribution in [0.4, 0.5) is 4.79 Å². The molecule has 0 aromatic carbocycles. The molecule has 1 fully saturated rings. The van der Waals surface area contributed by atoms with Crippen LogP contribution in [-0.2, 0) is 4.79 Å². The molecule has 0 radical (unpaired) electrons. The van der Waals surface area contributed by atoms with Crippen LogP contribution < -0.4 is 5.32 Å². The lowest BCUT2D eigenvalue weighted by Gasteiger charge is -2.37. The number of nitrogens with one attached hydrogen (secondary N) is 1. The fourth-order valence-electron chi connectivity index (χ4n) is 2.19. The molecule has 1 saturated heterocycles. The van der Waals surface area contributed by atoms with Gasteiger partial charge in [0.15, 0.2) is 0 Å². The highest BCUT2D eigenvalue weighted by atomic mass is 16.4. The van der Waals surface area contributed by atoms with Gasteiger partial charge in [0.1, 0.15) is 6.04 Å². The Labute approximate surface area is 102 Å². The zero-order valence-corrected chi connectivity index (χ0v) is 10.8. The average molecular weight is 242 g/mol. The Morgan fingerprint density at radius 1 is 1.53 bits per heavy atom. The smallest absolute Gasteiger partial charge is 0.326 e. The molecule has 1 aliphatic rings. The molecule has 2 N–H and O–H groups in total. The van der Waals surface area contributed by atoms with Crippen LogP contribution in [0.15, 0.2) is 0 Å². The number of aliphatic carboxylic acids is 1. The summed E-state index contributed by atoms with van der Waals surface area (Å²) in [5.74, 6) is -0.888. The van der Waals surface area contributed by atoms with Gasteiger partial charge in [-0.3, -0.25) is 0 Å². The first-order valence-electron chi connectivity index (χ1n) is 6.27. The molecule has 0 aromatic rings. The molecular formula is C12H22N2O3. The van der Waals surface area contributed by atoms with E-state index in [1.807, 2.05) is 20.8 Å². The van der Waals surface area contributed by atoms with Crippen molar-refractivity contribution >= 4 is 12.0 Å². The summed E-state index contributed by atoms with van der Waals surface area (Å²) in [6.07, 6.45) is 2.58. The monoisotopic (exact) mass is 242 g/mol.